The topological polar surface area (TPSA) is 44.1 Å². The summed E-state index contributed by atoms with van der Waals surface area (Å²) in [5.74, 6) is 1.51. The van der Waals surface area contributed by atoms with Gasteiger partial charge in [0.25, 0.3) is 0 Å². The Bertz CT molecular complexity index is 1150. The fourth-order valence-corrected chi connectivity index (χ4v) is 3.63. The van der Waals surface area contributed by atoms with Crippen LogP contribution in [0.1, 0.15) is 27.2 Å². The van der Waals surface area contributed by atoms with Crippen LogP contribution in [-0.4, -0.2) is 15.8 Å². The first-order chi connectivity index (χ1) is 14.7. The van der Waals surface area contributed by atoms with Crippen molar-refractivity contribution in [2.24, 2.45) is 0 Å². The zero-order valence-corrected chi connectivity index (χ0v) is 17.3. The Kier molecular flexibility index (Phi) is 5.96. The summed E-state index contributed by atoms with van der Waals surface area (Å²) >= 11 is 6.24. The van der Waals surface area contributed by atoms with Crippen molar-refractivity contribution in [3.8, 4) is 17.1 Å². The second-order valence-corrected chi connectivity index (χ2v) is 7.41. The molecular formula is C25H21ClN2O2. The molecule has 0 atom stereocenters. The highest BCUT2D eigenvalue weighted by Crippen LogP contribution is 2.27. The third-order valence-corrected chi connectivity index (χ3v) is 5.20. The second-order valence-electron chi connectivity index (χ2n) is 7.06. The van der Waals surface area contributed by atoms with E-state index in [2.05, 4.69) is 11.1 Å². The lowest BCUT2D eigenvalue weighted by atomic mass is 10.1. The lowest BCUT2D eigenvalue weighted by Crippen LogP contribution is -2.07. The summed E-state index contributed by atoms with van der Waals surface area (Å²) in [6.07, 6.45) is 0.756. The molecule has 4 nitrogen and oxygen atoms in total. The molecule has 0 radical (unpaired) electrons. The van der Waals surface area contributed by atoms with Gasteiger partial charge in [0.15, 0.2) is 11.4 Å². The summed E-state index contributed by atoms with van der Waals surface area (Å²) in [7, 11) is 0. The molecule has 0 amide bonds. The van der Waals surface area contributed by atoms with Crippen LogP contribution in [0.15, 0.2) is 78.9 Å². The van der Waals surface area contributed by atoms with Gasteiger partial charge in [0.05, 0.1) is 0 Å². The molecule has 0 aliphatic rings. The molecule has 0 spiro atoms. The van der Waals surface area contributed by atoms with Crippen molar-refractivity contribution < 1.29 is 9.53 Å². The summed E-state index contributed by atoms with van der Waals surface area (Å²) in [6.45, 7) is 3.02. The van der Waals surface area contributed by atoms with Crippen LogP contribution in [0.2, 0.25) is 5.15 Å². The number of carbonyl (C=O) groups is 1. The fourth-order valence-electron chi connectivity index (χ4n) is 3.41. The number of ether oxygens (including phenoxy) is 1. The van der Waals surface area contributed by atoms with E-state index < -0.39 is 0 Å². The number of aryl methyl sites for hydroxylation is 1. The van der Waals surface area contributed by atoms with Crippen LogP contribution in [0.4, 0.5) is 0 Å². The highest BCUT2D eigenvalue weighted by Gasteiger charge is 2.17. The molecule has 0 aliphatic carbocycles. The zero-order valence-electron chi connectivity index (χ0n) is 16.6. The minimum atomic E-state index is 0.211. The van der Waals surface area contributed by atoms with E-state index in [1.54, 1.807) is 0 Å². The minimum Gasteiger partial charge on any atom is -0.489 e. The first-order valence-corrected chi connectivity index (χ1v) is 10.1. The Hall–Kier alpha value is -3.37. The van der Waals surface area contributed by atoms with Crippen LogP contribution in [0.3, 0.4) is 0 Å². The SMILES string of the molecule is Cc1cc(Cn2c(-c3ccccc3)nc(Cl)c2C=O)ccc1OCc1ccccc1. The molecule has 5 heteroatoms. The third kappa shape index (κ3) is 4.29. The normalized spacial score (nSPS) is 10.7. The molecule has 30 heavy (non-hydrogen) atoms. The second kappa shape index (κ2) is 8.97. The lowest BCUT2D eigenvalue weighted by molar-refractivity contribution is 0.111. The number of hydrogen-bond acceptors (Lipinski definition) is 3. The smallest absolute Gasteiger partial charge is 0.169 e. The standard InChI is InChI=1S/C25H21ClN2O2/c1-18-14-20(12-13-23(18)30-17-19-8-4-2-5-9-19)15-28-22(16-29)24(26)27-25(28)21-10-6-3-7-11-21/h2-14,16H,15,17H2,1H3. The van der Waals surface area contributed by atoms with Crippen LogP contribution in [0, 0.1) is 6.92 Å². The Morgan fingerprint density at radius 3 is 2.33 bits per heavy atom. The Morgan fingerprint density at radius 2 is 1.67 bits per heavy atom. The number of halogens is 1. The van der Waals surface area contributed by atoms with E-state index in [-0.39, 0.29) is 5.15 Å². The van der Waals surface area contributed by atoms with Gasteiger partial charge >= 0.3 is 0 Å². The van der Waals surface area contributed by atoms with Crippen molar-refractivity contribution in [3.63, 3.8) is 0 Å². The summed E-state index contributed by atoms with van der Waals surface area (Å²) in [6, 6.07) is 25.8. The number of carbonyl (C=O) groups excluding carboxylic acids is 1. The van der Waals surface area contributed by atoms with Gasteiger partial charge in [-0.1, -0.05) is 84.4 Å². The monoisotopic (exact) mass is 416 g/mol. The Labute approximate surface area is 180 Å². The van der Waals surface area contributed by atoms with E-state index in [0.717, 1.165) is 34.3 Å². The molecule has 4 aromatic rings. The number of hydrogen-bond donors (Lipinski definition) is 0. The molecule has 0 saturated carbocycles. The van der Waals surface area contributed by atoms with Gasteiger partial charge in [-0.05, 0) is 29.7 Å². The maximum atomic E-state index is 11.7. The van der Waals surface area contributed by atoms with Crippen LogP contribution >= 0.6 is 11.6 Å². The fraction of sp³-hybridized carbons (Fsp3) is 0.120. The molecule has 0 fully saturated rings. The number of aldehydes is 1. The molecule has 1 aromatic heterocycles. The number of benzene rings is 3. The van der Waals surface area contributed by atoms with Crippen molar-refractivity contribution in [1.82, 2.24) is 9.55 Å². The van der Waals surface area contributed by atoms with E-state index in [1.807, 2.05) is 84.3 Å². The molecule has 1 heterocycles. The highest BCUT2D eigenvalue weighted by atomic mass is 35.5. The minimum absolute atomic E-state index is 0.211. The summed E-state index contributed by atoms with van der Waals surface area (Å²) in [5.41, 5.74) is 4.47. The lowest BCUT2D eigenvalue weighted by Gasteiger charge is -2.13. The van der Waals surface area contributed by atoms with Crippen molar-refractivity contribution in [2.45, 2.75) is 20.1 Å². The largest absolute Gasteiger partial charge is 0.489 e. The quantitative estimate of drug-likeness (QED) is 0.349. The highest BCUT2D eigenvalue weighted by molar-refractivity contribution is 6.31. The summed E-state index contributed by atoms with van der Waals surface area (Å²) in [4.78, 5) is 16.1. The molecule has 150 valence electrons. The number of nitrogens with zero attached hydrogens (tertiary/aromatic N) is 2. The molecular weight excluding hydrogens is 396 g/mol. The van der Waals surface area contributed by atoms with E-state index in [9.17, 15) is 4.79 Å². The third-order valence-electron chi connectivity index (χ3n) is 4.92. The van der Waals surface area contributed by atoms with E-state index >= 15 is 0 Å². The van der Waals surface area contributed by atoms with Gasteiger partial charge in [0.2, 0.25) is 0 Å². The first kappa shape index (κ1) is 19.9. The van der Waals surface area contributed by atoms with Crippen LogP contribution in [0.5, 0.6) is 5.75 Å². The number of imidazole rings is 1. The molecule has 0 aliphatic heterocycles. The summed E-state index contributed by atoms with van der Waals surface area (Å²) in [5, 5.41) is 0.211. The predicted molar refractivity (Wildman–Crippen MR) is 119 cm³/mol. The summed E-state index contributed by atoms with van der Waals surface area (Å²) < 4.78 is 7.82. The van der Waals surface area contributed by atoms with Crippen LogP contribution in [-0.2, 0) is 13.2 Å². The van der Waals surface area contributed by atoms with Gasteiger partial charge in [-0.2, -0.15) is 0 Å². The number of aromatic nitrogens is 2. The van der Waals surface area contributed by atoms with Crippen LogP contribution in [0.25, 0.3) is 11.4 Å². The maximum absolute atomic E-state index is 11.7. The van der Waals surface area contributed by atoms with E-state index in [1.165, 1.54) is 0 Å². The molecule has 3 aromatic carbocycles. The molecule has 0 saturated heterocycles. The van der Waals surface area contributed by atoms with Gasteiger partial charge in [-0.3, -0.25) is 4.79 Å². The average Bonchev–Trinajstić information content (AvgIpc) is 3.09. The maximum Gasteiger partial charge on any atom is 0.169 e. The van der Waals surface area contributed by atoms with Gasteiger partial charge in [0, 0.05) is 12.1 Å². The predicted octanol–water partition coefficient (Wildman–Crippen LogP) is 5.95. The van der Waals surface area contributed by atoms with Gasteiger partial charge in [-0.15, -0.1) is 0 Å². The van der Waals surface area contributed by atoms with Gasteiger partial charge < -0.3 is 9.30 Å². The molecule has 0 N–H and O–H groups in total. The molecule has 0 bridgehead atoms. The van der Waals surface area contributed by atoms with Gasteiger partial charge in [0.1, 0.15) is 23.9 Å². The average molecular weight is 417 g/mol. The molecule has 4 rings (SSSR count). The zero-order chi connectivity index (χ0) is 20.9. The van der Waals surface area contributed by atoms with Gasteiger partial charge in [-0.25, -0.2) is 4.98 Å². The van der Waals surface area contributed by atoms with E-state index in [4.69, 9.17) is 16.3 Å². The van der Waals surface area contributed by atoms with E-state index in [0.29, 0.717) is 24.7 Å². The Balaban J connectivity index is 1.59. The Morgan fingerprint density at radius 1 is 0.967 bits per heavy atom. The van der Waals surface area contributed by atoms with Crippen molar-refractivity contribution in [2.75, 3.05) is 0 Å². The van der Waals surface area contributed by atoms with Crippen molar-refractivity contribution >= 4 is 17.9 Å². The van der Waals surface area contributed by atoms with Crippen LogP contribution < -0.4 is 4.74 Å². The first-order valence-electron chi connectivity index (χ1n) is 9.68. The molecule has 0 unspecified atom stereocenters. The number of rotatable bonds is 7. The van der Waals surface area contributed by atoms with Crippen molar-refractivity contribution in [3.05, 3.63) is 106 Å². The van der Waals surface area contributed by atoms with Crippen molar-refractivity contribution in [1.29, 1.82) is 0 Å².